The molecule has 2 N–H and O–H groups in total. The lowest BCUT2D eigenvalue weighted by molar-refractivity contribution is -0.132. The van der Waals surface area contributed by atoms with E-state index in [0.717, 1.165) is 0 Å². The molecule has 1 amide bonds. The first-order valence-corrected chi connectivity index (χ1v) is 5.85. The molecule has 0 saturated carbocycles. The number of rotatable bonds is 3. The summed E-state index contributed by atoms with van der Waals surface area (Å²) in [5.74, 6) is -1.53. The predicted octanol–water partition coefficient (Wildman–Crippen LogP) is 2.52. The van der Waals surface area contributed by atoms with Gasteiger partial charge in [-0.1, -0.05) is 42.5 Å². The molecule has 0 spiro atoms. The quantitative estimate of drug-likeness (QED) is 0.872. The van der Waals surface area contributed by atoms with Crippen LogP contribution in [0.2, 0.25) is 0 Å². The maximum absolute atomic E-state index is 12.1. The number of hydrogen-bond donors (Lipinski definition) is 2. The van der Waals surface area contributed by atoms with Crippen molar-refractivity contribution in [2.75, 3.05) is 5.32 Å². The van der Waals surface area contributed by atoms with Crippen molar-refractivity contribution in [3.8, 4) is 0 Å². The Kier molecular flexibility index (Phi) is 3.93. The Morgan fingerprint density at radius 2 is 1.63 bits per heavy atom. The van der Waals surface area contributed by atoms with Crippen LogP contribution in [0, 0.1) is 0 Å². The maximum Gasteiger partial charge on any atom is 0.336 e. The number of allylic oxidation sites excluding steroid dienone is 2. The molecular weight excluding hydrogens is 242 g/mol. The van der Waals surface area contributed by atoms with Gasteiger partial charge in [0.25, 0.3) is 5.91 Å². The largest absolute Gasteiger partial charge is 0.478 e. The third-order valence-corrected chi connectivity index (χ3v) is 2.64. The van der Waals surface area contributed by atoms with Crippen molar-refractivity contribution >= 4 is 17.6 Å². The average molecular weight is 255 g/mol. The first kappa shape index (κ1) is 12.8. The van der Waals surface area contributed by atoms with E-state index in [1.54, 1.807) is 42.5 Å². The first-order chi connectivity index (χ1) is 9.18. The molecule has 4 heteroatoms. The number of aliphatic carboxylic acids is 1. The molecule has 0 aromatic heterocycles. The molecule has 0 radical (unpaired) electrons. The number of amides is 1. The van der Waals surface area contributed by atoms with Gasteiger partial charge in [0, 0.05) is 5.69 Å². The van der Waals surface area contributed by atoms with E-state index in [1.807, 2.05) is 6.07 Å². The Morgan fingerprint density at radius 3 is 2.26 bits per heavy atom. The number of carbonyl (C=O) groups excluding carboxylic acids is 1. The zero-order chi connectivity index (χ0) is 13.7. The van der Waals surface area contributed by atoms with Gasteiger partial charge < -0.3 is 10.4 Å². The van der Waals surface area contributed by atoms with E-state index in [0.29, 0.717) is 12.1 Å². The average Bonchev–Trinajstić information content (AvgIpc) is 2.65. The molecule has 0 fully saturated rings. The van der Waals surface area contributed by atoms with Crippen molar-refractivity contribution in [2.45, 2.75) is 6.42 Å². The van der Waals surface area contributed by atoms with Gasteiger partial charge in [0.05, 0.1) is 11.1 Å². The molecule has 0 saturated heterocycles. The first-order valence-electron chi connectivity index (χ1n) is 5.85. The number of carbonyl (C=O) groups is 2. The summed E-state index contributed by atoms with van der Waals surface area (Å²) in [6.07, 6.45) is 7.08. The highest BCUT2D eigenvalue weighted by Gasteiger charge is 2.17. The minimum atomic E-state index is -1.11. The van der Waals surface area contributed by atoms with Crippen molar-refractivity contribution in [2.24, 2.45) is 0 Å². The van der Waals surface area contributed by atoms with Crippen molar-refractivity contribution in [1.82, 2.24) is 0 Å². The summed E-state index contributed by atoms with van der Waals surface area (Å²) in [5.41, 5.74) is 0.790. The van der Waals surface area contributed by atoms with Crippen LogP contribution < -0.4 is 5.32 Å². The van der Waals surface area contributed by atoms with Gasteiger partial charge in [0.1, 0.15) is 0 Å². The second-order valence-electron chi connectivity index (χ2n) is 3.99. The lowest BCUT2D eigenvalue weighted by Crippen LogP contribution is -2.17. The van der Waals surface area contributed by atoms with E-state index < -0.39 is 11.9 Å². The van der Waals surface area contributed by atoms with Crippen LogP contribution in [0.25, 0.3) is 0 Å². The number of para-hydroxylation sites is 1. The van der Waals surface area contributed by atoms with E-state index in [9.17, 15) is 9.59 Å². The molecule has 1 aliphatic rings. The molecular formula is C15H13NO3. The molecule has 0 bridgehead atoms. The van der Waals surface area contributed by atoms with Crippen LogP contribution in [0.5, 0.6) is 0 Å². The number of hydrogen-bond acceptors (Lipinski definition) is 2. The van der Waals surface area contributed by atoms with Gasteiger partial charge in [-0.05, 0) is 18.6 Å². The van der Waals surface area contributed by atoms with E-state index in [2.05, 4.69) is 5.32 Å². The predicted molar refractivity (Wildman–Crippen MR) is 72.6 cm³/mol. The molecule has 96 valence electrons. The zero-order valence-electron chi connectivity index (χ0n) is 10.2. The van der Waals surface area contributed by atoms with Crippen LogP contribution in [-0.2, 0) is 9.59 Å². The molecule has 1 aromatic carbocycles. The Balaban J connectivity index is 2.30. The van der Waals surface area contributed by atoms with Gasteiger partial charge in [0.15, 0.2) is 0 Å². The topological polar surface area (TPSA) is 66.4 Å². The third-order valence-electron chi connectivity index (χ3n) is 2.64. The summed E-state index contributed by atoms with van der Waals surface area (Å²) in [5, 5.41) is 11.8. The minimum absolute atomic E-state index is 0.00202. The minimum Gasteiger partial charge on any atom is -0.478 e. The number of nitrogens with one attached hydrogen (secondary N) is 1. The molecule has 2 rings (SSSR count). The SMILES string of the molecule is O=C(O)C1=C(C(=O)Nc2ccccc2)C=CCC=C1. The Morgan fingerprint density at radius 1 is 1.00 bits per heavy atom. The molecule has 1 aliphatic carbocycles. The van der Waals surface area contributed by atoms with E-state index >= 15 is 0 Å². The standard InChI is InChI=1S/C15H13NO3/c17-14(16-11-7-3-1-4-8-11)12-9-5-2-6-10-13(12)15(18)19/h1,3-10H,2H2,(H,16,17)(H,18,19). The summed E-state index contributed by atoms with van der Waals surface area (Å²) in [6.45, 7) is 0. The molecule has 19 heavy (non-hydrogen) atoms. The maximum atomic E-state index is 12.1. The highest BCUT2D eigenvalue weighted by Crippen LogP contribution is 2.16. The van der Waals surface area contributed by atoms with Crippen LogP contribution in [0.15, 0.2) is 65.8 Å². The third kappa shape index (κ3) is 3.19. The highest BCUT2D eigenvalue weighted by molar-refractivity contribution is 6.11. The summed E-state index contributed by atoms with van der Waals surface area (Å²) in [6, 6.07) is 8.92. The van der Waals surface area contributed by atoms with E-state index in [4.69, 9.17) is 5.11 Å². The van der Waals surface area contributed by atoms with Crippen LogP contribution in [-0.4, -0.2) is 17.0 Å². The Labute approximate surface area is 110 Å². The van der Waals surface area contributed by atoms with Crippen molar-refractivity contribution < 1.29 is 14.7 Å². The van der Waals surface area contributed by atoms with Gasteiger partial charge in [-0.25, -0.2) is 4.79 Å². The summed E-state index contributed by atoms with van der Waals surface area (Å²) < 4.78 is 0. The monoisotopic (exact) mass is 255 g/mol. The second-order valence-corrected chi connectivity index (χ2v) is 3.99. The fourth-order valence-corrected chi connectivity index (χ4v) is 1.73. The van der Waals surface area contributed by atoms with Crippen LogP contribution >= 0.6 is 0 Å². The van der Waals surface area contributed by atoms with Crippen molar-refractivity contribution in [3.63, 3.8) is 0 Å². The smallest absolute Gasteiger partial charge is 0.336 e. The van der Waals surface area contributed by atoms with Gasteiger partial charge in [-0.15, -0.1) is 0 Å². The fourth-order valence-electron chi connectivity index (χ4n) is 1.73. The normalized spacial score (nSPS) is 14.1. The van der Waals surface area contributed by atoms with Gasteiger partial charge in [-0.2, -0.15) is 0 Å². The lowest BCUT2D eigenvalue weighted by Gasteiger charge is -2.07. The summed E-state index contributed by atoms with van der Waals surface area (Å²) in [4.78, 5) is 23.3. The van der Waals surface area contributed by atoms with Crippen molar-refractivity contribution in [1.29, 1.82) is 0 Å². The zero-order valence-corrected chi connectivity index (χ0v) is 10.2. The molecule has 0 aliphatic heterocycles. The van der Waals surface area contributed by atoms with Crippen LogP contribution in [0.3, 0.4) is 0 Å². The van der Waals surface area contributed by atoms with E-state index in [-0.39, 0.29) is 11.1 Å². The van der Waals surface area contributed by atoms with Crippen molar-refractivity contribution in [3.05, 3.63) is 65.8 Å². The fraction of sp³-hybridized carbons (Fsp3) is 0.0667. The van der Waals surface area contributed by atoms with Gasteiger partial charge in [-0.3, -0.25) is 4.79 Å². The second kappa shape index (κ2) is 5.82. The van der Waals surface area contributed by atoms with Gasteiger partial charge >= 0.3 is 5.97 Å². The summed E-state index contributed by atoms with van der Waals surface area (Å²) >= 11 is 0. The molecule has 0 unspecified atom stereocenters. The number of benzene rings is 1. The molecule has 1 aromatic rings. The summed E-state index contributed by atoms with van der Waals surface area (Å²) in [7, 11) is 0. The van der Waals surface area contributed by atoms with E-state index in [1.165, 1.54) is 6.08 Å². The van der Waals surface area contributed by atoms with Gasteiger partial charge in [0.2, 0.25) is 0 Å². The molecule has 0 heterocycles. The Bertz CT molecular complexity index is 583. The Hall–Kier alpha value is -2.62. The van der Waals surface area contributed by atoms with Crippen LogP contribution in [0.1, 0.15) is 6.42 Å². The highest BCUT2D eigenvalue weighted by atomic mass is 16.4. The van der Waals surface area contributed by atoms with Crippen LogP contribution in [0.4, 0.5) is 5.69 Å². The number of carboxylic acid groups (broad SMARTS) is 1. The lowest BCUT2D eigenvalue weighted by atomic mass is 10.1. The number of anilines is 1. The molecule has 0 atom stereocenters. The number of carboxylic acids is 1. The molecule has 4 nitrogen and oxygen atoms in total.